The number of imidazole rings is 1. The maximum atomic E-state index is 6.06. The van der Waals surface area contributed by atoms with Gasteiger partial charge < -0.3 is 0 Å². The molecule has 2 aromatic heterocycles. The fourth-order valence-corrected chi connectivity index (χ4v) is 2.69. The third-order valence-electron chi connectivity index (χ3n) is 3.34. The highest BCUT2D eigenvalue weighted by molar-refractivity contribution is 9.10. The van der Waals surface area contributed by atoms with E-state index in [0.717, 1.165) is 38.3 Å². The van der Waals surface area contributed by atoms with Crippen molar-refractivity contribution in [2.24, 2.45) is 0 Å². The monoisotopic (exact) mass is 349 g/mol. The van der Waals surface area contributed by atoms with Gasteiger partial charge in [0.05, 0.1) is 5.88 Å². The zero-order valence-corrected chi connectivity index (χ0v) is 13.5. The Labute approximate surface area is 130 Å². The van der Waals surface area contributed by atoms with Crippen LogP contribution in [0.5, 0.6) is 0 Å². The maximum absolute atomic E-state index is 6.06. The van der Waals surface area contributed by atoms with Gasteiger partial charge in [0.1, 0.15) is 11.3 Å². The molecule has 1 aromatic carbocycles. The zero-order valence-electron chi connectivity index (χ0n) is 11.2. The number of rotatable bonds is 2. The molecule has 0 atom stereocenters. The first kappa shape index (κ1) is 13.6. The first-order valence-electron chi connectivity index (χ1n) is 6.27. The lowest BCUT2D eigenvalue weighted by atomic mass is 10.2. The van der Waals surface area contributed by atoms with E-state index < -0.39 is 0 Å². The van der Waals surface area contributed by atoms with Crippen LogP contribution in [0.15, 0.2) is 34.9 Å². The molecule has 0 bridgehead atoms. The first-order valence-corrected chi connectivity index (χ1v) is 7.60. The van der Waals surface area contributed by atoms with E-state index in [0.29, 0.717) is 5.88 Å². The fourth-order valence-electron chi connectivity index (χ4n) is 2.27. The van der Waals surface area contributed by atoms with Crippen LogP contribution in [0.25, 0.3) is 16.9 Å². The molecule has 0 N–H and O–H groups in total. The summed E-state index contributed by atoms with van der Waals surface area (Å²) < 4.78 is 3.11. The summed E-state index contributed by atoms with van der Waals surface area (Å²) in [6.45, 7) is 4.10. The van der Waals surface area contributed by atoms with Gasteiger partial charge in [-0.05, 0) is 49.2 Å². The number of benzene rings is 1. The first-order chi connectivity index (χ1) is 9.61. The number of alkyl halides is 1. The Hall–Kier alpha value is -1.39. The quantitative estimate of drug-likeness (QED) is 0.635. The second-order valence-electron chi connectivity index (χ2n) is 4.73. The Balaban J connectivity index is 2.34. The van der Waals surface area contributed by atoms with E-state index in [2.05, 4.69) is 38.9 Å². The lowest BCUT2D eigenvalue weighted by molar-refractivity contribution is 0.967. The molecule has 20 heavy (non-hydrogen) atoms. The van der Waals surface area contributed by atoms with Gasteiger partial charge in [-0.25, -0.2) is 9.97 Å². The van der Waals surface area contributed by atoms with Crippen molar-refractivity contribution in [1.29, 1.82) is 0 Å². The highest BCUT2D eigenvalue weighted by Crippen LogP contribution is 2.26. The summed E-state index contributed by atoms with van der Waals surface area (Å²) in [6, 6.07) is 8.14. The van der Waals surface area contributed by atoms with Crippen LogP contribution in [0, 0.1) is 13.8 Å². The van der Waals surface area contributed by atoms with Crippen LogP contribution < -0.4 is 0 Å². The molecule has 0 aliphatic rings. The van der Waals surface area contributed by atoms with Gasteiger partial charge in [0.15, 0.2) is 5.65 Å². The minimum atomic E-state index is 0.352. The third kappa shape index (κ3) is 2.13. The number of halogens is 2. The van der Waals surface area contributed by atoms with E-state index in [1.54, 1.807) is 6.20 Å². The van der Waals surface area contributed by atoms with Crippen molar-refractivity contribution in [3.8, 4) is 5.69 Å². The predicted molar refractivity (Wildman–Crippen MR) is 85.6 cm³/mol. The van der Waals surface area contributed by atoms with Gasteiger partial charge in [0.2, 0.25) is 0 Å². The number of aryl methyl sites for hydroxylation is 2. The minimum absolute atomic E-state index is 0.352. The molecule has 0 aliphatic carbocycles. The van der Waals surface area contributed by atoms with Gasteiger partial charge in [-0.2, -0.15) is 0 Å². The molecule has 0 spiro atoms. The molecule has 102 valence electrons. The van der Waals surface area contributed by atoms with Crippen molar-refractivity contribution in [2.75, 3.05) is 0 Å². The van der Waals surface area contributed by atoms with Crippen molar-refractivity contribution in [2.45, 2.75) is 19.7 Å². The minimum Gasteiger partial charge on any atom is -0.280 e. The second-order valence-corrected chi connectivity index (χ2v) is 5.85. The normalized spacial score (nSPS) is 11.2. The standard InChI is InChI=1S/C15H13BrClN3/c1-9-5-6-18-15-14(9)19-13(8-17)20(15)11-3-4-12(16)10(2)7-11/h3-7H,8H2,1-2H3. The van der Waals surface area contributed by atoms with E-state index in [1.165, 1.54) is 0 Å². The number of pyridine rings is 1. The molecule has 3 rings (SSSR count). The van der Waals surface area contributed by atoms with E-state index in [-0.39, 0.29) is 0 Å². The van der Waals surface area contributed by atoms with Gasteiger partial charge in [0.25, 0.3) is 0 Å². The average Bonchev–Trinajstić information content (AvgIpc) is 2.82. The highest BCUT2D eigenvalue weighted by Gasteiger charge is 2.14. The number of nitrogens with zero attached hydrogens (tertiary/aromatic N) is 3. The topological polar surface area (TPSA) is 30.7 Å². The predicted octanol–water partition coefficient (Wildman–Crippen LogP) is 4.54. The molecule has 0 saturated heterocycles. The maximum Gasteiger partial charge on any atom is 0.164 e. The van der Waals surface area contributed by atoms with Crippen molar-refractivity contribution in [3.05, 3.63) is 51.9 Å². The Morgan fingerprint density at radius 2 is 2.00 bits per heavy atom. The summed E-state index contributed by atoms with van der Waals surface area (Å²) in [4.78, 5) is 9.09. The van der Waals surface area contributed by atoms with Crippen molar-refractivity contribution in [1.82, 2.24) is 14.5 Å². The van der Waals surface area contributed by atoms with E-state index >= 15 is 0 Å². The summed E-state index contributed by atoms with van der Waals surface area (Å²) in [5.41, 5.74) is 5.06. The lowest BCUT2D eigenvalue weighted by Crippen LogP contribution is -2.00. The molecule has 3 aromatic rings. The molecule has 0 aliphatic heterocycles. The van der Waals surface area contributed by atoms with Crippen LogP contribution in [-0.2, 0) is 5.88 Å². The molecule has 0 unspecified atom stereocenters. The van der Waals surface area contributed by atoms with Gasteiger partial charge in [0, 0.05) is 16.4 Å². The summed E-state index contributed by atoms with van der Waals surface area (Å²) >= 11 is 9.58. The molecule has 0 amide bonds. The lowest BCUT2D eigenvalue weighted by Gasteiger charge is -2.09. The summed E-state index contributed by atoms with van der Waals surface area (Å²) in [6.07, 6.45) is 1.81. The average molecular weight is 351 g/mol. The molecule has 0 radical (unpaired) electrons. The van der Waals surface area contributed by atoms with Crippen molar-refractivity contribution >= 4 is 38.7 Å². The van der Waals surface area contributed by atoms with Crippen LogP contribution >= 0.6 is 27.5 Å². The molecule has 5 heteroatoms. The molecular formula is C15H13BrClN3. The third-order valence-corrected chi connectivity index (χ3v) is 4.47. The van der Waals surface area contributed by atoms with Crippen LogP contribution in [0.4, 0.5) is 0 Å². The van der Waals surface area contributed by atoms with Gasteiger partial charge >= 0.3 is 0 Å². The van der Waals surface area contributed by atoms with Crippen molar-refractivity contribution in [3.63, 3.8) is 0 Å². The number of fused-ring (bicyclic) bond motifs is 1. The summed E-state index contributed by atoms with van der Waals surface area (Å²) in [5, 5.41) is 0. The molecule has 3 nitrogen and oxygen atoms in total. The van der Waals surface area contributed by atoms with Gasteiger partial charge in [-0.3, -0.25) is 4.57 Å². The molecule has 2 heterocycles. The molecular weight excluding hydrogens is 338 g/mol. The number of aromatic nitrogens is 3. The van der Waals surface area contributed by atoms with Crippen LogP contribution in [0.1, 0.15) is 17.0 Å². The zero-order chi connectivity index (χ0) is 14.3. The Morgan fingerprint density at radius 3 is 2.70 bits per heavy atom. The largest absolute Gasteiger partial charge is 0.280 e. The smallest absolute Gasteiger partial charge is 0.164 e. The number of hydrogen-bond donors (Lipinski definition) is 0. The van der Waals surface area contributed by atoms with Gasteiger partial charge in [-0.1, -0.05) is 15.9 Å². The molecule has 0 saturated carbocycles. The second kappa shape index (κ2) is 5.19. The van der Waals surface area contributed by atoms with Crippen LogP contribution in [0.3, 0.4) is 0 Å². The van der Waals surface area contributed by atoms with E-state index in [9.17, 15) is 0 Å². The molecule has 0 fully saturated rings. The highest BCUT2D eigenvalue weighted by atomic mass is 79.9. The number of hydrogen-bond acceptors (Lipinski definition) is 2. The Morgan fingerprint density at radius 1 is 1.20 bits per heavy atom. The SMILES string of the molecule is Cc1cc(-n2c(CCl)nc3c(C)ccnc32)ccc1Br. The van der Waals surface area contributed by atoms with Crippen molar-refractivity contribution < 1.29 is 0 Å². The Kier molecular flexibility index (Phi) is 3.52. The van der Waals surface area contributed by atoms with Gasteiger partial charge in [-0.15, -0.1) is 11.6 Å². The summed E-state index contributed by atoms with van der Waals surface area (Å²) in [5.74, 6) is 1.16. The summed E-state index contributed by atoms with van der Waals surface area (Å²) in [7, 11) is 0. The van der Waals surface area contributed by atoms with E-state index in [4.69, 9.17) is 11.6 Å². The Bertz CT molecular complexity index is 795. The van der Waals surface area contributed by atoms with Crippen LogP contribution in [-0.4, -0.2) is 14.5 Å². The van der Waals surface area contributed by atoms with E-state index in [1.807, 2.05) is 29.7 Å². The fraction of sp³-hybridized carbons (Fsp3) is 0.200. The van der Waals surface area contributed by atoms with Crippen LogP contribution in [0.2, 0.25) is 0 Å².